The number of rotatable bonds is 8. The first-order valence-corrected chi connectivity index (χ1v) is 7.60. The van der Waals surface area contributed by atoms with E-state index in [1.165, 1.54) is 12.1 Å². The highest BCUT2D eigenvalue weighted by molar-refractivity contribution is 5.74. The van der Waals surface area contributed by atoms with Crippen molar-refractivity contribution in [1.29, 1.82) is 0 Å². The van der Waals surface area contributed by atoms with Crippen LogP contribution in [0.1, 0.15) is 51.1 Å². The topological polar surface area (TPSA) is 61.4 Å². The predicted octanol–water partition coefficient (Wildman–Crippen LogP) is 3.27. The molecular formula is C16H24F2N2O2. The summed E-state index contributed by atoms with van der Waals surface area (Å²) in [5, 5.41) is 14.2. The normalized spacial score (nSPS) is 13.5. The van der Waals surface area contributed by atoms with Gasteiger partial charge in [0.2, 0.25) is 0 Å². The van der Waals surface area contributed by atoms with E-state index in [9.17, 15) is 13.6 Å². The molecule has 1 aromatic carbocycles. The maximum atomic E-state index is 13.9. The molecule has 0 saturated carbocycles. The van der Waals surface area contributed by atoms with Crippen LogP contribution >= 0.6 is 0 Å². The molecule has 0 heterocycles. The quantitative estimate of drug-likeness (QED) is 0.689. The molecule has 0 aliphatic rings. The van der Waals surface area contributed by atoms with E-state index in [0.29, 0.717) is 19.3 Å². The number of halogens is 2. The summed E-state index contributed by atoms with van der Waals surface area (Å²) in [7, 11) is 0. The monoisotopic (exact) mass is 314 g/mol. The third kappa shape index (κ3) is 5.97. The highest BCUT2D eigenvalue weighted by Gasteiger charge is 2.18. The highest BCUT2D eigenvalue weighted by atomic mass is 19.1. The number of amides is 2. The van der Waals surface area contributed by atoms with E-state index in [0.717, 1.165) is 12.5 Å². The molecule has 2 unspecified atom stereocenters. The van der Waals surface area contributed by atoms with Crippen molar-refractivity contribution in [1.82, 2.24) is 10.6 Å². The molecule has 0 fully saturated rings. The molecule has 6 heteroatoms. The Kier molecular flexibility index (Phi) is 7.80. The molecule has 22 heavy (non-hydrogen) atoms. The predicted molar refractivity (Wildman–Crippen MR) is 81.5 cm³/mol. The number of urea groups is 1. The van der Waals surface area contributed by atoms with E-state index in [2.05, 4.69) is 10.6 Å². The molecule has 0 aliphatic heterocycles. The van der Waals surface area contributed by atoms with Gasteiger partial charge in [-0.3, -0.25) is 0 Å². The van der Waals surface area contributed by atoms with Gasteiger partial charge in [0.15, 0.2) is 0 Å². The van der Waals surface area contributed by atoms with Crippen molar-refractivity contribution in [3.63, 3.8) is 0 Å². The lowest BCUT2D eigenvalue weighted by Gasteiger charge is -2.21. The van der Waals surface area contributed by atoms with E-state index in [1.807, 2.05) is 13.8 Å². The molecule has 4 nitrogen and oxygen atoms in total. The first-order chi connectivity index (χ1) is 10.5. The van der Waals surface area contributed by atoms with E-state index >= 15 is 0 Å². The van der Waals surface area contributed by atoms with Crippen molar-refractivity contribution in [2.24, 2.45) is 0 Å². The Morgan fingerprint density at radius 2 is 2.00 bits per heavy atom. The number of carbonyl (C=O) groups is 1. The Morgan fingerprint density at radius 1 is 1.27 bits per heavy atom. The molecular weight excluding hydrogens is 290 g/mol. The van der Waals surface area contributed by atoms with Crippen LogP contribution in [-0.4, -0.2) is 23.8 Å². The van der Waals surface area contributed by atoms with Gasteiger partial charge in [0, 0.05) is 24.3 Å². The second-order valence-electron chi connectivity index (χ2n) is 5.39. The summed E-state index contributed by atoms with van der Waals surface area (Å²) in [5.41, 5.74) is 0.279. The molecule has 0 saturated heterocycles. The Bertz CT molecular complexity index is 483. The average molecular weight is 314 g/mol. The van der Waals surface area contributed by atoms with Gasteiger partial charge >= 0.3 is 6.03 Å². The molecule has 2 atom stereocenters. The molecule has 1 rings (SSSR count). The lowest BCUT2D eigenvalue weighted by molar-refractivity contribution is 0.229. The fraction of sp³-hybridized carbons (Fsp3) is 0.562. The number of hydrogen-bond acceptors (Lipinski definition) is 2. The minimum atomic E-state index is -0.660. The average Bonchev–Trinajstić information content (AvgIpc) is 2.44. The fourth-order valence-corrected chi connectivity index (χ4v) is 2.27. The van der Waals surface area contributed by atoms with Crippen LogP contribution in [0, 0.1) is 11.6 Å². The third-order valence-electron chi connectivity index (χ3n) is 3.39. The van der Waals surface area contributed by atoms with E-state index in [4.69, 9.17) is 5.11 Å². The maximum Gasteiger partial charge on any atom is 0.315 e. The summed E-state index contributed by atoms with van der Waals surface area (Å²) in [6, 6.07) is 2.38. The molecule has 0 spiro atoms. The van der Waals surface area contributed by atoms with Gasteiger partial charge in [0.05, 0.1) is 6.04 Å². The lowest BCUT2D eigenvalue weighted by Crippen LogP contribution is -2.42. The fourth-order valence-electron chi connectivity index (χ4n) is 2.27. The molecule has 0 bridgehead atoms. The van der Waals surface area contributed by atoms with Gasteiger partial charge in [0.25, 0.3) is 0 Å². The van der Waals surface area contributed by atoms with Crippen molar-refractivity contribution in [2.75, 3.05) is 6.61 Å². The van der Waals surface area contributed by atoms with Gasteiger partial charge in [-0.05, 0) is 32.3 Å². The Hall–Kier alpha value is -1.69. The summed E-state index contributed by atoms with van der Waals surface area (Å²) in [4.78, 5) is 12.0. The summed E-state index contributed by atoms with van der Waals surface area (Å²) in [6.07, 6.45) is 2.57. The van der Waals surface area contributed by atoms with Crippen LogP contribution in [0.2, 0.25) is 0 Å². The molecule has 2 amide bonds. The molecule has 1 aromatic rings. The minimum absolute atomic E-state index is 0.0763. The zero-order valence-corrected chi connectivity index (χ0v) is 13.0. The first kappa shape index (κ1) is 18.4. The second-order valence-corrected chi connectivity index (χ2v) is 5.39. The van der Waals surface area contributed by atoms with E-state index in [-0.39, 0.29) is 18.2 Å². The third-order valence-corrected chi connectivity index (χ3v) is 3.39. The van der Waals surface area contributed by atoms with Crippen LogP contribution in [0.5, 0.6) is 0 Å². The van der Waals surface area contributed by atoms with Crippen LogP contribution in [0.4, 0.5) is 13.6 Å². The summed E-state index contributed by atoms with van der Waals surface area (Å²) in [6.45, 7) is 3.84. The highest BCUT2D eigenvalue weighted by Crippen LogP contribution is 2.22. The smallest absolute Gasteiger partial charge is 0.315 e. The zero-order valence-electron chi connectivity index (χ0n) is 13.0. The van der Waals surface area contributed by atoms with Gasteiger partial charge < -0.3 is 15.7 Å². The Morgan fingerprint density at radius 3 is 2.59 bits per heavy atom. The second kappa shape index (κ2) is 9.35. The number of aliphatic hydroxyl groups is 1. The molecule has 0 aromatic heterocycles. The number of carbonyl (C=O) groups excluding carboxylic acids is 1. The maximum absolute atomic E-state index is 13.9. The van der Waals surface area contributed by atoms with Crippen LogP contribution in [0.25, 0.3) is 0 Å². The summed E-state index contributed by atoms with van der Waals surface area (Å²) >= 11 is 0. The number of aliphatic hydroxyl groups excluding tert-OH is 1. The van der Waals surface area contributed by atoms with Crippen molar-refractivity contribution >= 4 is 6.03 Å². The molecule has 3 N–H and O–H groups in total. The van der Waals surface area contributed by atoms with Gasteiger partial charge in [-0.25, -0.2) is 13.6 Å². The Labute approximate surface area is 129 Å². The van der Waals surface area contributed by atoms with Gasteiger partial charge in [-0.15, -0.1) is 0 Å². The SMILES string of the molecule is CCCC(NC(=O)NC(C)CCCO)c1ccc(F)cc1F. The number of benzene rings is 1. The van der Waals surface area contributed by atoms with Gasteiger partial charge in [-0.1, -0.05) is 19.4 Å². The van der Waals surface area contributed by atoms with Gasteiger partial charge in [-0.2, -0.15) is 0 Å². The van der Waals surface area contributed by atoms with Crippen molar-refractivity contribution < 1.29 is 18.7 Å². The minimum Gasteiger partial charge on any atom is -0.396 e. The van der Waals surface area contributed by atoms with Crippen LogP contribution in [-0.2, 0) is 0 Å². The number of nitrogens with one attached hydrogen (secondary N) is 2. The largest absolute Gasteiger partial charge is 0.396 e. The molecule has 0 radical (unpaired) electrons. The van der Waals surface area contributed by atoms with E-state index < -0.39 is 23.7 Å². The van der Waals surface area contributed by atoms with Crippen LogP contribution in [0.3, 0.4) is 0 Å². The van der Waals surface area contributed by atoms with Crippen molar-refractivity contribution in [3.05, 3.63) is 35.4 Å². The van der Waals surface area contributed by atoms with Crippen molar-refractivity contribution in [3.8, 4) is 0 Å². The van der Waals surface area contributed by atoms with E-state index in [1.54, 1.807) is 0 Å². The molecule has 0 aliphatic carbocycles. The van der Waals surface area contributed by atoms with Crippen LogP contribution in [0.15, 0.2) is 18.2 Å². The van der Waals surface area contributed by atoms with Crippen LogP contribution < -0.4 is 10.6 Å². The zero-order chi connectivity index (χ0) is 16.5. The summed E-state index contributed by atoms with van der Waals surface area (Å²) < 4.78 is 26.9. The van der Waals surface area contributed by atoms with Gasteiger partial charge in [0.1, 0.15) is 11.6 Å². The summed E-state index contributed by atoms with van der Waals surface area (Å²) in [5.74, 6) is -1.30. The molecule has 124 valence electrons. The number of hydrogen-bond donors (Lipinski definition) is 3. The standard InChI is InChI=1S/C16H24F2N2O2/c1-3-5-15(13-8-7-12(17)10-14(13)18)20-16(22)19-11(2)6-4-9-21/h7-8,10-11,15,21H,3-6,9H2,1-2H3,(H2,19,20,22). The van der Waals surface area contributed by atoms with Crippen molar-refractivity contribution in [2.45, 2.75) is 51.6 Å². The lowest BCUT2D eigenvalue weighted by atomic mass is 10.0. The first-order valence-electron chi connectivity index (χ1n) is 7.60. The Balaban J connectivity index is 2.69.